The normalized spacial score (nSPS) is 15.4. The van der Waals surface area contributed by atoms with Gasteiger partial charge in [-0.05, 0) is 48.9 Å². The summed E-state index contributed by atoms with van der Waals surface area (Å²) in [5, 5.41) is 34.0. The maximum Gasteiger partial charge on any atom is 0.413 e. The summed E-state index contributed by atoms with van der Waals surface area (Å²) in [5.74, 6) is 0. The fraction of sp³-hybridized carbons (Fsp3) is 0.367. The molecule has 3 heterocycles. The number of hydrogen-bond donors (Lipinski definition) is 3. The summed E-state index contributed by atoms with van der Waals surface area (Å²) in [6, 6.07) is 10.6. The monoisotopic (exact) mass is 607 g/mol. The van der Waals surface area contributed by atoms with Crippen molar-refractivity contribution in [1.82, 2.24) is 30.2 Å². The molecule has 222 valence electrons. The zero-order valence-electron chi connectivity index (χ0n) is 23.9. The number of nitrogens with one attached hydrogen (secondary N) is 3. The summed E-state index contributed by atoms with van der Waals surface area (Å²) in [6.07, 6.45) is -1.69. The highest BCUT2D eigenvalue weighted by atomic mass is 35.5. The summed E-state index contributed by atoms with van der Waals surface area (Å²) in [7, 11) is 0. The van der Waals surface area contributed by atoms with Gasteiger partial charge in [0.05, 0.1) is 39.5 Å². The number of fused-ring (bicyclic) bond motifs is 2. The predicted octanol–water partition coefficient (Wildman–Crippen LogP) is 7.25. The number of aryl methyl sites for hydroxylation is 1. The molecule has 1 atom stereocenters. The Labute approximate surface area is 250 Å². The molecule has 0 saturated heterocycles. The third-order valence-electron chi connectivity index (χ3n) is 7.75. The van der Waals surface area contributed by atoms with Crippen LogP contribution in [0.15, 0.2) is 42.7 Å². The summed E-state index contributed by atoms with van der Waals surface area (Å²) in [5.41, 5.74) is 2.47. The van der Waals surface area contributed by atoms with Gasteiger partial charge in [0, 0.05) is 34.9 Å². The fourth-order valence-corrected chi connectivity index (χ4v) is 5.60. The van der Waals surface area contributed by atoms with E-state index in [2.05, 4.69) is 63.0 Å². The van der Waals surface area contributed by atoms with Crippen LogP contribution in [0.3, 0.4) is 0 Å². The Balaban J connectivity index is 1.49. The van der Waals surface area contributed by atoms with Crippen LogP contribution in [0.4, 0.5) is 24.5 Å². The number of alkyl halides is 3. The molecule has 1 saturated carbocycles. The molecule has 0 bridgehead atoms. The summed E-state index contributed by atoms with van der Waals surface area (Å²) in [6.45, 7) is 8.71. The lowest BCUT2D eigenvalue weighted by Gasteiger charge is -2.23. The van der Waals surface area contributed by atoms with E-state index in [1.54, 1.807) is 6.07 Å². The Morgan fingerprint density at radius 3 is 2.65 bits per heavy atom. The first-order valence-corrected chi connectivity index (χ1v) is 14.1. The molecule has 1 aliphatic carbocycles. The number of nitriles is 1. The first kappa shape index (κ1) is 28.7. The average molecular weight is 608 g/mol. The summed E-state index contributed by atoms with van der Waals surface area (Å²) in [4.78, 5) is 4.43. The molecule has 13 heteroatoms. The SMILES string of the molecule is Cc1[nH]nc2cccc([C@H](Nc3cc(Cl)c4ncc(C#N)c(NCC(C)(C)C)c4c3)c3cn(C4(C(F)(F)F)CC4)nn3)c12. The summed E-state index contributed by atoms with van der Waals surface area (Å²) >= 11 is 6.74. The van der Waals surface area contributed by atoms with Crippen LogP contribution in [0.2, 0.25) is 5.02 Å². The van der Waals surface area contributed by atoms with Gasteiger partial charge in [0.2, 0.25) is 0 Å². The number of pyridine rings is 1. The highest BCUT2D eigenvalue weighted by molar-refractivity contribution is 6.35. The van der Waals surface area contributed by atoms with Gasteiger partial charge in [0.15, 0.2) is 5.54 Å². The minimum absolute atomic E-state index is 0.0489. The number of anilines is 2. The Morgan fingerprint density at radius 1 is 1.21 bits per heavy atom. The molecular weight excluding hydrogens is 579 g/mol. The van der Waals surface area contributed by atoms with Crippen molar-refractivity contribution in [1.29, 1.82) is 5.26 Å². The maximum absolute atomic E-state index is 13.9. The zero-order chi connectivity index (χ0) is 30.7. The van der Waals surface area contributed by atoms with E-state index in [1.807, 2.05) is 31.2 Å². The van der Waals surface area contributed by atoms with Crippen LogP contribution in [0.25, 0.3) is 21.8 Å². The van der Waals surface area contributed by atoms with Crippen molar-refractivity contribution in [3.8, 4) is 6.07 Å². The van der Waals surface area contributed by atoms with Crippen LogP contribution < -0.4 is 10.6 Å². The number of rotatable bonds is 7. The molecule has 0 amide bonds. The molecule has 0 radical (unpaired) electrons. The number of nitrogens with zero attached hydrogens (tertiary/aromatic N) is 6. The molecule has 43 heavy (non-hydrogen) atoms. The number of aromatic amines is 1. The van der Waals surface area contributed by atoms with E-state index in [-0.39, 0.29) is 18.3 Å². The molecule has 2 aromatic carbocycles. The largest absolute Gasteiger partial charge is 0.413 e. The quantitative estimate of drug-likeness (QED) is 0.178. The van der Waals surface area contributed by atoms with Crippen molar-refractivity contribution in [2.75, 3.05) is 17.2 Å². The zero-order valence-corrected chi connectivity index (χ0v) is 24.7. The lowest BCUT2D eigenvalue weighted by atomic mass is 9.96. The molecule has 3 N–H and O–H groups in total. The van der Waals surface area contributed by atoms with E-state index in [0.717, 1.165) is 21.3 Å². The standard InChI is InChI=1S/C30H29ClF3N9/c1-16-24-19(6-5-7-22(24)40-39-16)27(23-14-43(42-41-23)29(8-9-29)30(32,33)34)38-18-10-20-25(37-15-28(2,3)4)17(12-35)13-36-26(20)21(31)11-18/h5-7,10-11,13-14,27,38H,8-9,15H2,1-4H3,(H,36,37)(H,39,40)/t27-/m0/s1. The fourth-order valence-electron chi connectivity index (χ4n) is 5.33. The van der Waals surface area contributed by atoms with Gasteiger partial charge in [-0.2, -0.15) is 23.5 Å². The lowest BCUT2D eigenvalue weighted by molar-refractivity contribution is -0.182. The third kappa shape index (κ3) is 5.12. The third-order valence-corrected chi connectivity index (χ3v) is 8.04. The van der Waals surface area contributed by atoms with Gasteiger partial charge >= 0.3 is 6.18 Å². The van der Waals surface area contributed by atoms with Crippen molar-refractivity contribution in [2.24, 2.45) is 5.41 Å². The van der Waals surface area contributed by atoms with E-state index < -0.39 is 17.8 Å². The van der Waals surface area contributed by atoms with Crippen molar-refractivity contribution in [2.45, 2.75) is 58.3 Å². The van der Waals surface area contributed by atoms with E-state index in [1.165, 1.54) is 12.4 Å². The van der Waals surface area contributed by atoms with Gasteiger partial charge in [-0.15, -0.1) is 5.10 Å². The van der Waals surface area contributed by atoms with Crippen LogP contribution in [0.1, 0.15) is 62.2 Å². The van der Waals surface area contributed by atoms with Gasteiger partial charge < -0.3 is 10.6 Å². The van der Waals surface area contributed by atoms with Crippen LogP contribution in [-0.4, -0.2) is 42.9 Å². The summed E-state index contributed by atoms with van der Waals surface area (Å²) < 4.78 is 42.8. The molecule has 1 fully saturated rings. The topological polar surface area (TPSA) is 120 Å². The molecule has 5 aromatic rings. The van der Waals surface area contributed by atoms with E-state index in [0.29, 0.717) is 50.6 Å². The number of benzene rings is 2. The van der Waals surface area contributed by atoms with Gasteiger partial charge in [-0.1, -0.05) is 49.7 Å². The number of halogens is 4. The maximum atomic E-state index is 13.9. The highest BCUT2D eigenvalue weighted by Gasteiger charge is 2.66. The van der Waals surface area contributed by atoms with Gasteiger partial charge in [-0.3, -0.25) is 10.1 Å². The molecule has 0 unspecified atom stereocenters. The lowest BCUT2D eigenvalue weighted by Crippen LogP contribution is -2.35. The second-order valence-electron chi connectivity index (χ2n) is 12.2. The minimum atomic E-state index is -4.45. The van der Waals surface area contributed by atoms with Crippen LogP contribution in [-0.2, 0) is 5.54 Å². The first-order chi connectivity index (χ1) is 20.3. The van der Waals surface area contributed by atoms with Crippen molar-refractivity contribution in [3.63, 3.8) is 0 Å². The smallest absolute Gasteiger partial charge is 0.383 e. The second-order valence-corrected chi connectivity index (χ2v) is 12.6. The van der Waals surface area contributed by atoms with Crippen LogP contribution in [0.5, 0.6) is 0 Å². The van der Waals surface area contributed by atoms with Crippen molar-refractivity contribution >= 4 is 44.8 Å². The van der Waals surface area contributed by atoms with E-state index >= 15 is 0 Å². The molecule has 0 spiro atoms. The van der Waals surface area contributed by atoms with Crippen LogP contribution >= 0.6 is 11.6 Å². The van der Waals surface area contributed by atoms with Crippen molar-refractivity contribution < 1.29 is 13.2 Å². The predicted molar refractivity (Wildman–Crippen MR) is 159 cm³/mol. The van der Waals surface area contributed by atoms with Crippen molar-refractivity contribution in [3.05, 3.63) is 70.3 Å². The highest BCUT2D eigenvalue weighted by Crippen LogP contribution is 2.55. The Hall–Kier alpha value is -4.37. The molecule has 3 aromatic heterocycles. The Bertz CT molecular complexity index is 1890. The van der Waals surface area contributed by atoms with Gasteiger partial charge in [0.25, 0.3) is 0 Å². The molecular formula is C30H29ClF3N9. The Kier molecular flexibility index (Phi) is 6.76. The average Bonchev–Trinajstić information content (AvgIpc) is 3.49. The molecule has 0 aliphatic heterocycles. The minimum Gasteiger partial charge on any atom is -0.383 e. The molecule has 1 aliphatic rings. The molecule has 6 rings (SSSR count). The number of hydrogen-bond acceptors (Lipinski definition) is 7. The van der Waals surface area contributed by atoms with Gasteiger partial charge in [0.1, 0.15) is 11.8 Å². The van der Waals surface area contributed by atoms with Gasteiger partial charge in [-0.25, -0.2) is 4.68 Å². The van der Waals surface area contributed by atoms with E-state index in [9.17, 15) is 18.4 Å². The van der Waals surface area contributed by atoms with E-state index in [4.69, 9.17) is 11.6 Å². The number of H-pyrrole nitrogens is 1. The number of aromatic nitrogens is 6. The molecule has 9 nitrogen and oxygen atoms in total. The Morgan fingerprint density at radius 2 is 1.98 bits per heavy atom. The second kappa shape index (κ2) is 10.1. The first-order valence-electron chi connectivity index (χ1n) is 13.8. The van der Waals surface area contributed by atoms with Crippen LogP contribution in [0, 0.1) is 23.7 Å².